The first-order valence-electron chi connectivity index (χ1n) is 4.80. The molecule has 2 aromatic rings. The summed E-state index contributed by atoms with van der Waals surface area (Å²) in [6, 6.07) is 8.52. The van der Waals surface area contributed by atoms with Gasteiger partial charge in [-0.15, -0.1) is 0 Å². The zero-order chi connectivity index (χ0) is 10.7. The SMILES string of the molecule is CN.Cc1c(C)n(C)c2ccccc12. The van der Waals surface area contributed by atoms with E-state index in [9.17, 15) is 0 Å². The van der Waals surface area contributed by atoms with E-state index in [1.807, 2.05) is 0 Å². The van der Waals surface area contributed by atoms with Crippen molar-refractivity contribution in [3.63, 3.8) is 0 Å². The average Bonchev–Trinajstić information content (AvgIpc) is 2.48. The second-order valence-electron chi connectivity index (χ2n) is 3.29. The van der Waals surface area contributed by atoms with Crippen molar-refractivity contribution in [2.24, 2.45) is 12.8 Å². The van der Waals surface area contributed by atoms with Crippen LogP contribution in [0.25, 0.3) is 10.9 Å². The topological polar surface area (TPSA) is 30.9 Å². The largest absolute Gasteiger partial charge is 0.348 e. The van der Waals surface area contributed by atoms with E-state index in [1.54, 1.807) is 0 Å². The molecule has 14 heavy (non-hydrogen) atoms. The maximum Gasteiger partial charge on any atom is 0.0482 e. The van der Waals surface area contributed by atoms with E-state index in [-0.39, 0.29) is 0 Å². The number of para-hydroxylation sites is 1. The number of aromatic nitrogens is 1. The van der Waals surface area contributed by atoms with Crippen molar-refractivity contribution in [1.82, 2.24) is 4.57 Å². The van der Waals surface area contributed by atoms with Crippen LogP contribution in [0.5, 0.6) is 0 Å². The summed E-state index contributed by atoms with van der Waals surface area (Å²) in [4.78, 5) is 0. The second-order valence-corrected chi connectivity index (χ2v) is 3.29. The Morgan fingerprint density at radius 3 is 2.21 bits per heavy atom. The number of rotatable bonds is 0. The quantitative estimate of drug-likeness (QED) is 0.679. The van der Waals surface area contributed by atoms with Gasteiger partial charge in [-0.3, -0.25) is 0 Å². The van der Waals surface area contributed by atoms with Gasteiger partial charge in [0, 0.05) is 23.6 Å². The van der Waals surface area contributed by atoms with Gasteiger partial charge in [-0.1, -0.05) is 18.2 Å². The Hall–Kier alpha value is -1.28. The number of nitrogens with two attached hydrogens (primary N) is 1. The molecule has 0 unspecified atom stereocenters. The monoisotopic (exact) mass is 190 g/mol. The van der Waals surface area contributed by atoms with Crippen LogP contribution in [0, 0.1) is 13.8 Å². The van der Waals surface area contributed by atoms with Gasteiger partial charge in [0.05, 0.1) is 0 Å². The second kappa shape index (κ2) is 4.29. The number of hydrogen-bond acceptors (Lipinski definition) is 1. The molecule has 0 bridgehead atoms. The van der Waals surface area contributed by atoms with Gasteiger partial charge in [-0.05, 0) is 32.5 Å². The fraction of sp³-hybridized carbons (Fsp3) is 0.333. The van der Waals surface area contributed by atoms with E-state index >= 15 is 0 Å². The van der Waals surface area contributed by atoms with Crippen LogP contribution in [0.1, 0.15) is 11.3 Å². The highest BCUT2D eigenvalue weighted by Crippen LogP contribution is 2.22. The maximum absolute atomic E-state index is 4.50. The Balaban J connectivity index is 0.000000461. The molecule has 0 aliphatic carbocycles. The first-order valence-corrected chi connectivity index (χ1v) is 4.80. The maximum atomic E-state index is 4.50. The third-order valence-electron chi connectivity index (χ3n) is 2.72. The Morgan fingerprint density at radius 2 is 1.64 bits per heavy atom. The van der Waals surface area contributed by atoms with Crippen LogP contribution in [0.15, 0.2) is 24.3 Å². The molecule has 2 rings (SSSR count). The van der Waals surface area contributed by atoms with Gasteiger partial charge in [0.25, 0.3) is 0 Å². The third-order valence-corrected chi connectivity index (χ3v) is 2.72. The predicted octanol–water partition coefficient (Wildman–Crippen LogP) is 2.37. The highest BCUT2D eigenvalue weighted by molar-refractivity contribution is 5.85. The lowest BCUT2D eigenvalue weighted by atomic mass is 10.2. The van der Waals surface area contributed by atoms with Gasteiger partial charge >= 0.3 is 0 Å². The van der Waals surface area contributed by atoms with Gasteiger partial charge in [0.2, 0.25) is 0 Å². The van der Waals surface area contributed by atoms with Crippen LogP contribution >= 0.6 is 0 Å². The molecule has 0 aliphatic heterocycles. The smallest absolute Gasteiger partial charge is 0.0482 e. The summed E-state index contributed by atoms with van der Waals surface area (Å²) in [5, 5.41) is 1.37. The molecule has 2 N–H and O–H groups in total. The van der Waals surface area contributed by atoms with E-state index < -0.39 is 0 Å². The Labute approximate surface area is 85.3 Å². The van der Waals surface area contributed by atoms with Crippen LogP contribution in [-0.2, 0) is 7.05 Å². The summed E-state index contributed by atoms with van der Waals surface area (Å²) in [5.74, 6) is 0. The Bertz CT molecular complexity index is 388. The van der Waals surface area contributed by atoms with Crippen molar-refractivity contribution in [2.75, 3.05) is 7.05 Å². The van der Waals surface area contributed by atoms with E-state index in [4.69, 9.17) is 0 Å². The lowest BCUT2D eigenvalue weighted by Crippen LogP contribution is -1.89. The van der Waals surface area contributed by atoms with Gasteiger partial charge in [0.15, 0.2) is 0 Å². The summed E-state index contributed by atoms with van der Waals surface area (Å²) in [7, 11) is 3.62. The highest BCUT2D eigenvalue weighted by Gasteiger charge is 2.05. The minimum absolute atomic E-state index is 1.33. The number of fused-ring (bicyclic) bond motifs is 1. The molecular formula is C12H18N2. The summed E-state index contributed by atoms with van der Waals surface area (Å²) in [5.41, 5.74) is 8.58. The van der Waals surface area contributed by atoms with Gasteiger partial charge in [-0.2, -0.15) is 0 Å². The molecule has 0 amide bonds. The molecule has 2 nitrogen and oxygen atoms in total. The molecule has 0 fully saturated rings. The van der Waals surface area contributed by atoms with Crippen LogP contribution in [0.3, 0.4) is 0 Å². The molecule has 1 heterocycles. The van der Waals surface area contributed by atoms with Crippen molar-refractivity contribution in [2.45, 2.75) is 13.8 Å². The number of benzene rings is 1. The minimum atomic E-state index is 1.33. The van der Waals surface area contributed by atoms with E-state index in [1.165, 1.54) is 29.2 Å². The van der Waals surface area contributed by atoms with Crippen molar-refractivity contribution in [3.8, 4) is 0 Å². The van der Waals surface area contributed by atoms with Crippen LogP contribution in [0.4, 0.5) is 0 Å². The van der Waals surface area contributed by atoms with E-state index in [0.29, 0.717) is 0 Å². The molecule has 0 atom stereocenters. The predicted molar refractivity (Wildman–Crippen MR) is 62.5 cm³/mol. The van der Waals surface area contributed by atoms with E-state index in [0.717, 1.165) is 0 Å². The van der Waals surface area contributed by atoms with Crippen LogP contribution in [-0.4, -0.2) is 11.6 Å². The highest BCUT2D eigenvalue weighted by atomic mass is 14.9. The molecule has 0 saturated heterocycles. The first kappa shape index (κ1) is 10.8. The summed E-state index contributed by atoms with van der Waals surface area (Å²) in [6.07, 6.45) is 0. The van der Waals surface area contributed by atoms with Crippen molar-refractivity contribution in [1.29, 1.82) is 0 Å². The molecular weight excluding hydrogens is 172 g/mol. The standard InChI is InChI=1S/C11H13N.CH5N/c1-8-9(2)12(3)11-7-5-4-6-10(8)11;1-2/h4-7H,1-3H3;2H2,1H3. The summed E-state index contributed by atoms with van der Waals surface area (Å²) < 4.78 is 2.24. The normalized spacial score (nSPS) is 9.79. The lowest BCUT2D eigenvalue weighted by Gasteiger charge is -1.96. The molecule has 0 saturated carbocycles. The van der Waals surface area contributed by atoms with Crippen LogP contribution < -0.4 is 5.73 Å². The lowest BCUT2D eigenvalue weighted by molar-refractivity contribution is 0.910. The zero-order valence-corrected chi connectivity index (χ0v) is 9.33. The van der Waals surface area contributed by atoms with Gasteiger partial charge in [0.1, 0.15) is 0 Å². The first-order chi connectivity index (χ1) is 6.72. The molecule has 1 aromatic heterocycles. The average molecular weight is 190 g/mol. The number of nitrogens with zero attached hydrogens (tertiary/aromatic N) is 1. The van der Waals surface area contributed by atoms with Crippen LogP contribution in [0.2, 0.25) is 0 Å². The molecule has 1 aromatic carbocycles. The molecule has 76 valence electrons. The molecule has 0 radical (unpaired) electrons. The number of hydrogen-bond donors (Lipinski definition) is 1. The zero-order valence-electron chi connectivity index (χ0n) is 9.33. The Morgan fingerprint density at radius 1 is 1.07 bits per heavy atom. The minimum Gasteiger partial charge on any atom is -0.348 e. The fourth-order valence-electron chi connectivity index (χ4n) is 1.71. The van der Waals surface area contributed by atoms with Gasteiger partial charge < -0.3 is 10.3 Å². The van der Waals surface area contributed by atoms with Crippen molar-refractivity contribution < 1.29 is 0 Å². The fourth-order valence-corrected chi connectivity index (χ4v) is 1.71. The summed E-state index contributed by atoms with van der Waals surface area (Å²) in [6.45, 7) is 4.34. The third kappa shape index (κ3) is 1.53. The number of aryl methyl sites for hydroxylation is 2. The summed E-state index contributed by atoms with van der Waals surface area (Å²) >= 11 is 0. The molecule has 0 aliphatic rings. The molecule has 0 spiro atoms. The molecule has 2 heteroatoms. The van der Waals surface area contributed by atoms with Gasteiger partial charge in [-0.25, -0.2) is 0 Å². The van der Waals surface area contributed by atoms with Crippen molar-refractivity contribution >= 4 is 10.9 Å². The Kier molecular flexibility index (Phi) is 3.31. The van der Waals surface area contributed by atoms with E-state index in [2.05, 4.69) is 55.5 Å². The van der Waals surface area contributed by atoms with Crippen molar-refractivity contribution in [3.05, 3.63) is 35.5 Å².